The third-order valence-electron chi connectivity index (χ3n) is 4.43. The lowest BCUT2D eigenvalue weighted by molar-refractivity contribution is -0.153. The fourth-order valence-corrected chi connectivity index (χ4v) is 3.09. The molecule has 1 saturated heterocycles. The molecule has 1 aliphatic heterocycles. The van der Waals surface area contributed by atoms with E-state index >= 15 is 0 Å². The molecule has 1 saturated carbocycles. The summed E-state index contributed by atoms with van der Waals surface area (Å²) in [5.41, 5.74) is 0.149. The number of benzene rings is 1. The third-order valence-corrected chi connectivity index (χ3v) is 4.43. The maximum absolute atomic E-state index is 11.3. The topological polar surface area (TPSA) is 65.0 Å². The highest BCUT2D eigenvalue weighted by atomic mass is 16.5. The second-order valence-corrected chi connectivity index (χ2v) is 5.78. The van der Waals surface area contributed by atoms with Gasteiger partial charge in [0.15, 0.2) is 0 Å². The van der Waals surface area contributed by atoms with Gasteiger partial charge >= 0.3 is 5.97 Å². The van der Waals surface area contributed by atoms with Gasteiger partial charge in [-0.15, -0.1) is 0 Å². The van der Waals surface area contributed by atoms with Crippen LogP contribution in [0.2, 0.25) is 0 Å². The zero-order valence-electron chi connectivity index (χ0n) is 12.1. The van der Waals surface area contributed by atoms with Crippen molar-refractivity contribution in [2.45, 2.75) is 43.8 Å². The van der Waals surface area contributed by atoms with Crippen molar-refractivity contribution in [3.05, 3.63) is 23.8 Å². The zero-order valence-corrected chi connectivity index (χ0v) is 12.1. The highest BCUT2D eigenvalue weighted by Gasteiger charge is 2.43. The van der Waals surface area contributed by atoms with E-state index in [-0.39, 0.29) is 17.3 Å². The minimum Gasteiger partial charge on any atom is -0.497 e. The smallest absolute Gasteiger partial charge is 0.339 e. The summed E-state index contributed by atoms with van der Waals surface area (Å²) in [5.74, 6) is -0.0123. The zero-order chi connectivity index (χ0) is 14.9. The fourth-order valence-electron chi connectivity index (χ4n) is 3.09. The van der Waals surface area contributed by atoms with E-state index in [9.17, 15) is 9.90 Å². The maximum atomic E-state index is 11.3. The van der Waals surface area contributed by atoms with Crippen molar-refractivity contribution in [1.82, 2.24) is 0 Å². The van der Waals surface area contributed by atoms with Gasteiger partial charge in [-0.1, -0.05) is 0 Å². The summed E-state index contributed by atoms with van der Waals surface area (Å²) in [4.78, 5) is 11.3. The summed E-state index contributed by atoms with van der Waals surface area (Å²) >= 11 is 0. The Balaban J connectivity index is 1.78. The molecule has 21 heavy (non-hydrogen) atoms. The van der Waals surface area contributed by atoms with E-state index < -0.39 is 5.97 Å². The van der Waals surface area contributed by atoms with Crippen LogP contribution < -0.4 is 9.47 Å². The number of methoxy groups -OCH3 is 1. The Morgan fingerprint density at radius 2 is 2.24 bits per heavy atom. The Morgan fingerprint density at radius 1 is 1.43 bits per heavy atom. The first-order chi connectivity index (χ1) is 10.1. The van der Waals surface area contributed by atoms with Gasteiger partial charge in [0.1, 0.15) is 23.2 Å². The number of aromatic carboxylic acids is 1. The fraction of sp³-hybridized carbons (Fsp3) is 0.562. The van der Waals surface area contributed by atoms with Gasteiger partial charge in [-0.25, -0.2) is 4.79 Å². The van der Waals surface area contributed by atoms with Crippen molar-refractivity contribution in [2.24, 2.45) is 0 Å². The highest BCUT2D eigenvalue weighted by Crippen LogP contribution is 2.43. The van der Waals surface area contributed by atoms with Crippen molar-refractivity contribution in [3.63, 3.8) is 0 Å². The molecule has 2 aliphatic rings. The normalized spacial score (nSPS) is 23.4. The lowest BCUT2D eigenvalue weighted by atomic mass is 9.74. The molecule has 0 bridgehead atoms. The average molecular weight is 292 g/mol. The molecule has 5 nitrogen and oxygen atoms in total. The molecule has 1 spiro atoms. The monoisotopic (exact) mass is 292 g/mol. The lowest BCUT2D eigenvalue weighted by Gasteiger charge is -2.46. The van der Waals surface area contributed by atoms with Crippen molar-refractivity contribution in [3.8, 4) is 11.5 Å². The molecule has 1 heterocycles. The SMILES string of the molecule is COc1ccc(C(=O)O)c(OC2CCOC3(CCC3)C2)c1. The van der Waals surface area contributed by atoms with Gasteiger partial charge in [-0.05, 0) is 31.4 Å². The van der Waals surface area contributed by atoms with Gasteiger partial charge in [0.2, 0.25) is 0 Å². The molecular weight excluding hydrogens is 272 g/mol. The van der Waals surface area contributed by atoms with Crippen molar-refractivity contribution >= 4 is 5.97 Å². The van der Waals surface area contributed by atoms with E-state index in [2.05, 4.69) is 0 Å². The number of hydrogen-bond acceptors (Lipinski definition) is 4. The van der Waals surface area contributed by atoms with E-state index in [4.69, 9.17) is 14.2 Å². The number of carbonyl (C=O) groups is 1. The molecule has 1 unspecified atom stereocenters. The number of carboxylic acids is 1. The minimum atomic E-state index is -0.988. The molecule has 1 aromatic rings. The summed E-state index contributed by atoms with van der Waals surface area (Å²) in [6.45, 7) is 0.678. The van der Waals surface area contributed by atoms with Gasteiger partial charge in [0.25, 0.3) is 0 Å². The van der Waals surface area contributed by atoms with E-state index in [1.807, 2.05) is 0 Å². The van der Waals surface area contributed by atoms with E-state index in [0.29, 0.717) is 18.1 Å². The molecule has 5 heteroatoms. The van der Waals surface area contributed by atoms with Crippen molar-refractivity contribution < 1.29 is 24.1 Å². The Kier molecular flexibility index (Phi) is 3.76. The molecule has 1 N–H and O–H groups in total. The third kappa shape index (κ3) is 2.83. The predicted molar refractivity (Wildman–Crippen MR) is 76.1 cm³/mol. The van der Waals surface area contributed by atoms with E-state index in [1.54, 1.807) is 19.2 Å². The number of ether oxygens (including phenoxy) is 3. The summed E-state index contributed by atoms with van der Waals surface area (Å²) < 4.78 is 17.0. The molecule has 114 valence electrons. The van der Waals surface area contributed by atoms with Gasteiger partial charge < -0.3 is 19.3 Å². The Labute approximate surface area is 123 Å². The molecule has 2 fully saturated rings. The van der Waals surface area contributed by atoms with Crippen LogP contribution in [0.4, 0.5) is 0 Å². The summed E-state index contributed by atoms with van der Waals surface area (Å²) in [6, 6.07) is 4.80. The van der Waals surface area contributed by atoms with Crippen molar-refractivity contribution in [2.75, 3.05) is 13.7 Å². The molecule has 0 aromatic heterocycles. The molecule has 3 rings (SSSR count). The van der Waals surface area contributed by atoms with Crippen molar-refractivity contribution in [1.29, 1.82) is 0 Å². The minimum absolute atomic E-state index is 0.00394. The van der Waals surface area contributed by atoms with Gasteiger partial charge in [-0.3, -0.25) is 0 Å². The molecular formula is C16H20O5. The van der Waals surface area contributed by atoms with Crippen LogP contribution in [0.15, 0.2) is 18.2 Å². The summed E-state index contributed by atoms with van der Waals surface area (Å²) in [6.07, 6.45) is 4.99. The molecule has 1 aliphatic carbocycles. The van der Waals surface area contributed by atoms with Crippen LogP contribution in [0, 0.1) is 0 Å². The summed E-state index contributed by atoms with van der Waals surface area (Å²) in [7, 11) is 1.55. The van der Waals surface area contributed by atoms with Crippen LogP contribution in [0.25, 0.3) is 0 Å². The Hall–Kier alpha value is -1.75. The quantitative estimate of drug-likeness (QED) is 0.924. The largest absolute Gasteiger partial charge is 0.497 e. The number of hydrogen-bond donors (Lipinski definition) is 1. The first-order valence-electron chi connectivity index (χ1n) is 7.34. The number of rotatable bonds is 4. The summed E-state index contributed by atoms with van der Waals surface area (Å²) in [5, 5.41) is 9.27. The standard InChI is InChI=1S/C16H20O5/c1-19-11-3-4-13(15(17)18)14(9-11)21-12-5-8-20-16(10-12)6-2-7-16/h3-4,9,12H,2,5-8,10H2,1H3,(H,17,18). The van der Waals surface area contributed by atoms with Gasteiger partial charge in [-0.2, -0.15) is 0 Å². The second-order valence-electron chi connectivity index (χ2n) is 5.78. The highest BCUT2D eigenvalue weighted by molar-refractivity contribution is 5.91. The van der Waals surface area contributed by atoms with Crippen LogP contribution in [-0.2, 0) is 4.74 Å². The van der Waals surface area contributed by atoms with Crippen LogP contribution in [0.5, 0.6) is 11.5 Å². The first kappa shape index (κ1) is 14.2. The second kappa shape index (κ2) is 5.56. The van der Waals surface area contributed by atoms with Crippen LogP contribution in [0.3, 0.4) is 0 Å². The molecule has 1 atom stereocenters. The lowest BCUT2D eigenvalue weighted by Crippen LogP contribution is -2.48. The predicted octanol–water partition coefficient (Wildman–Crippen LogP) is 2.87. The Bertz CT molecular complexity index is 535. The van der Waals surface area contributed by atoms with Crippen LogP contribution >= 0.6 is 0 Å². The molecule has 0 radical (unpaired) electrons. The maximum Gasteiger partial charge on any atom is 0.339 e. The van der Waals surface area contributed by atoms with Crippen LogP contribution in [-0.4, -0.2) is 36.5 Å². The number of carboxylic acid groups (broad SMARTS) is 1. The first-order valence-corrected chi connectivity index (χ1v) is 7.34. The molecule has 0 amide bonds. The van der Waals surface area contributed by atoms with E-state index in [0.717, 1.165) is 25.7 Å². The van der Waals surface area contributed by atoms with Crippen LogP contribution in [0.1, 0.15) is 42.5 Å². The molecule has 1 aromatic carbocycles. The van der Waals surface area contributed by atoms with Gasteiger partial charge in [0.05, 0.1) is 19.3 Å². The Morgan fingerprint density at radius 3 is 2.86 bits per heavy atom. The van der Waals surface area contributed by atoms with Gasteiger partial charge in [0, 0.05) is 18.9 Å². The van der Waals surface area contributed by atoms with E-state index in [1.165, 1.54) is 12.5 Å². The average Bonchev–Trinajstić information content (AvgIpc) is 2.45.